The molecule has 1 amide bonds. The van der Waals surface area contributed by atoms with Crippen molar-refractivity contribution in [1.29, 1.82) is 0 Å². The zero-order valence-electron chi connectivity index (χ0n) is 18.2. The minimum absolute atomic E-state index is 0.195. The van der Waals surface area contributed by atoms with Crippen molar-refractivity contribution in [3.05, 3.63) is 82.5 Å². The summed E-state index contributed by atoms with van der Waals surface area (Å²) in [6.45, 7) is 7.68. The maximum atomic E-state index is 12.5. The fourth-order valence-corrected chi connectivity index (χ4v) is 4.82. The fraction of sp³-hybridized carbons (Fsp3) is 0.231. The third kappa shape index (κ3) is 4.36. The van der Waals surface area contributed by atoms with Gasteiger partial charge in [0.15, 0.2) is 5.17 Å². The molecular formula is C26H25N3O2S. The Morgan fingerprint density at radius 2 is 1.47 bits per heavy atom. The SMILES string of the molecule is Cc1ccc(-c2ccc(C=C3SC(N4CCN(c5ccc(C)cc5)CC4)=NC3=O)o2)cc1. The van der Waals surface area contributed by atoms with E-state index in [4.69, 9.17) is 4.42 Å². The number of hydrogen-bond donors (Lipinski definition) is 0. The Hall–Kier alpha value is -3.25. The van der Waals surface area contributed by atoms with E-state index in [2.05, 4.69) is 65.0 Å². The van der Waals surface area contributed by atoms with Crippen LogP contribution in [-0.2, 0) is 4.79 Å². The van der Waals surface area contributed by atoms with Gasteiger partial charge in [0, 0.05) is 43.5 Å². The van der Waals surface area contributed by atoms with E-state index in [1.165, 1.54) is 28.6 Å². The average Bonchev–Trinajstić information content (AvgIpc) is 3.42. The van der Waals surface area contributed by atoms with Gasteiger partial charge in [0.1, 0.15) is 11.5 Å². The van der Waals surface area contributed by atoms with Crippen LogP contribution in [-0.4, -0.2) is 42.2 Å². The molecule has 162 valence electrons. The van der Waals surface area contributed by atoms with Gasteiger partial charge in [0.05, 0.1) is 4.91 Å². The summed E-state index contributed by atoms with van der Waals surface area (Å²) in [5.41, 5.74) is 4.74. The Labute approximate surface area is 192 Å². The summed E-state index contributed by atoms with van der Waals surface area (Å²) in [4.78, 5) is 22.0. The van der Waals surface area contributed by atoms with Crippen LogP contribution < -0.4 is 4.90 Å². The topological polar surface area (TPSA) is 49.0 Å². The van der Waals surface area contributed by atoms with Gasteiger partial charge in [-0.15, -0.1) is 0 Å². The van der Waals surface area contributed by atoms with Crippen LogP contribution in [0, 0.1) is 13.8 Å². The smallest absolute Gasteiger partial charge is 0.286 e. The van der Waals surface area contributed by atoms with Crippen molar-refractivity contribution in [2.45, 2.75) is 13.8 Å². The Morgan fingerprint density at radius 1 is 0.844 bits per heavy atom. The summed E-state index contributed by atoms with van der Waals surface area (Å²) in [6, 6.07) is 20.7. The van der Waals surface area contributed by atoms with E-state index in [1.807, 2.05) is 24.3 Å². The predicted octanol–water partition coefficient (Wildman–Crippen LogP) is 5.36. The number of hydrogen-bond acceptors (Lipinski definition) is 5. The molecule has 5 rings (SSSR count). The number of furan rings is 1. The molecule has 0 bridgehead atoms. The average molecular weight is 444 g/mol. The van der Waals surface area contributed by atoms with Crippen molar-refractivity contribution >= 4 is 34.6 Å². The molecule has 3 aromatic rings. The number of aryl methyl sites for hydroxylation is 2. The molecule has 1 aromatic heterocycles. The highest BCUT2D eigenvalue weighted by molar-refractivity contribution is 8.18. The van der Waals surface area contributed by atoms with Gasteiger partial charge >= 0.3 is 0 Å². The number of nitrogens with zero attached hydrogens (tertiary/aromatic N) is 3. The first kappa shape index (κ1) is 20.6. The summed E-state index contributed by atoms with van der Waals surface area (Å²) in [6.07, 6.45) is 1.80. The summed E-state index contributed by atoms with van der Waals surface area (Å²) in [5.74, 6) is 1.26. The van der Waals surface area contributed by atoms with E-state index in [-0.39, 0.29) is 5.91 Å². The van der Waals surface area contributed by atoms with Crippen LogP contribution in [0.3, 0.4) is 0 Å². The lowest BCUT2D eigenvalue weighted by molar-refractivity contribution is -0.113. The van der Waals surface area contributed by atoms with Crippen LogP contribution in [0.5, 0.6) is 0 Å². The minimum Gasteiger partial charge on any atom is -0.457 e. The highest BCUT2D eigenvalue weighted by Crippen LogP contribution is 2.32. The first-order valence-electron chi connectivity index (χ1n) is 10.8. The summed E-state index contributed by atoms with van der Waals surface area (Å²) in [5, 5.41) is 0.787. The van der Waals surface area contributed by atoms with Gasteiger partial charge in [-0.3, -0.25) is 4.79 Å². The second-order valence-corrected chi connectivity index (χ2v) is 9.20. The molecule has 2 aliphatic rings. The van der Waals surface area contributed by atoms with Gasteiger partial charge in [-0.1, -0.05) is 47.5 Å². The number of carbonyl (C=O) groups is 1. The molecule has 1 saturated heterocycles. The van der Waals surface area contributed by atoms with E-state index in [0.29, 0.717) is 10.7 Å². The van der Waals surface area contributed by atoms with Crippen LogP contribution in [0.1, 0.15) is 16.9 Å². The van der Waals surface area contributed by atoms with Gasteiger partial charge in [-0.05, 0) is 49.9 Å². The molecule has 2 aromatic carbocycles. The van der Waals surface area contributed by atoms with Gasteiger partial charge in [0.2, 0.25) is 0 Å². The molecule has 0 unspecified atom stereocenters. The number of rotatable bonds is 3. The number of carbonyl (C=O) groups excluding carboxylic acids is 1. The molecule has 1 fully saturated rings. The number of piperazine rings is 1. The third-order valence-electron chi connectivity index (χ3n) is 5.79. The van der Waals surface area contributed by atoms with Crippen molar-refractivity contribution in [3.8, 4) is 11.3 Å². The number of anilines is 1. The maximum absolute atomic E-state index is 12.5. The minimum atomic E-state index is -0.195. The molecule has 32 heavy (non-hydrogen) atoms. The molecule has 0 saturated carbocycles. The number of amides is 1. The van der Waals surface area contributed by atoms with E-state index >= 15 is 0 Å². The Morgan fingerprint density at radius 3 is 2.16 bits per heavy atom. The standard InChI is InChI=1S/C26H25N3O2S/c1-18-3-7-20(8-4-18)23-12-11-22(31-23)17-24-25(30)27-26(32-24)29-15-13-28(14-16-29)21-9-5-19(2)6-10-21/h3-12,17H,13-16H2,1-2H3. The lowest BCUT2D eigenvalue weighted by Gasteiger charge is -2.36. The van der Waals surface area contributed by atoms with Gasteiger partial charge in [-0.25, -0.2) is 0 Å². The van der Waals surface area contributed by atoms with Crippen LogP contribution in [0.2, 0.25) is 0 Å². The van der Waals surface area contributed by atoms with Gasteiger partial charge < -0.3 is 14.2 Å². The molecule has 0 atom stereocenters. The molecule has 0 spiro atoms. The monoisotopic (exact) mass is 443 g/mol. The number of thioether (sulfide) groups is 1. The van der Waals surface area contributed by atoms with E-state index in [9.17, 15) is 4.79 Å². The lowest BCUT2D eigenvalue weighted by Crippen LogP contribution is -2.47. The second kappa shape index (κ2) is 8.71. The van der Waals surface area contributed by atoms with Crippen molar-refractivity contribution in [2.24, 2.45) is 4.99 Å². The van der Waals surface area contributed by atoms with Crippen LogP contribution in [0.4, 0.5) is 5.69 Å². The molecule has 2 aliphatic heterocycles. The molecule has 3 heterocycles. The van der Waals surface area contributed by atoms with Crippen molar-refractivity contribution in [2.75, 3.05) is 31.1 Å². The molecule has 0 aliphatic carbocycles. The Bertz CT molecular complexity index is 1180. The quantitative estimate of drug-likeness (QED) is 0.510. The van der Waals surface area contributed by atoms with Crippen LogP contribution in [0.25, 0.3) is 17.4 Å². The van der Waals surface area contributed by atoms with Crippen LogP contribution in [0.15, 0.2) is 75.0 Å². The largest absolute Gasteiger partial charge is 0.457 e. The Balaban J connectivity index is 1.22. The van der Waals surface area contributed by atoms with E-state index in [1.54, 1.807) is 6.08 Å². The molecule has 0 N–H and O–H groups in total. The van der Waals surface area contributed by atoms with Gasteiger partial charge in [-0.2, -0.15) is 4.99 Å². The summed E-state index contributed by atoms with van der Waals surface area (Å²) >= 11 is 1.44. The number of aliphatic imine (C=N–C) groups is 1. The Kier molecular flexibility index (Phi) is 5.62. The van der Waals surface area contributed by atoms with Crippen molar-refractivity contribution < 1.29 is 9.21 Å². The summed E-state index contributed by atoms with van der Waals surface area (Å²) in [7, 11) is 0. The molecule has 0 radical (unpaired) electrons. The normalized spacial score (nSPS) is 17.9. The van der Waals surface area contributed by atoms with E-state index in [0.717, 1.165) is 42.7 Å². The van der Waals surface area contributed by atoms with E-state index < -0.39 is 0 Å². The highest BCUT2D eigenvalue weighted by Gasteiger charge is 2.28. The fourth-order valence-electron chi connectivity index (χ4n) is 3.88. The van der Waals surface area contributed by atoms with Crippen molar-refractivity contribution in [3.63, 3.8) is 0 Å². The summed E-state index contributed by atoms with van der Waals surface area (Å²) < 4.78 is 5.96. The lowest BCUT2D eigenvalue weighted by atomic mass is 10.1. The predicted molar refractivity (Wildman–Crippen MR) is 132 cm³/mol. The first-order valence-corrected chi connectivity index (χ1v) is 11.6. The maximum Gasteiger partial charge on any atom is 0.286 e. The zero-order chi connectivity index (χ0) is 22.1. The first-order chi connectivity index (χ1) is 15.5. The number of amidine groups is 1. The second-order valence-electron chi connectivity index (χ2n) is 8.19. The highest BCUT2D eigenvalue weighted by atomic mass is 32.2. The third-order valence-corrected chi connectivity index (χ3v) is 6.84. The zero-order valence-corrected chi connectivity index (χ0v) is 19.1. The van der Waals surface area contributed by atoms with Crippen LogP contribution >= 0.6 is 11.8 Å². The van der Waals surface area contributed by atoms with Crippen molar-refractivity contribution in [1.82, 2.24) is 4.90 Å². The van der Waals surface area contributed by atoms with Gasteiger partial charge in [0.25, 0.3) is 5.91 Å². The number of benzene rings is 2. The molecular weight excluding hydrogens is 418 g/mol. The molecule has 5 nitrogen and oxygen atoms in total. The molecule has 6 heteroatoms.